The standard InChI is InChI=1S/C24H23N5O2/c1-31-27-18-11-5-6-12-20(18)29-22(30)15-14-19(25-29)23-21-13-7-8-16-28(21)26-24(23)17-9-3-2-4-10-17/h2-4,7-10,13-16,20H,5-6,11-12H2,1H3/b27-18-. The minimum absolute atomic E-state index is 0.141. The van der Waals surface area contributed by atoms with Gasteiger partial charge in [-0.15, -0.1) is 0 Å². The van der Waals surface area contributed by atoms with Crippen LogP contribution in [-0.4, -0.2) is 32.2 Å². The Kier molecular flexibility index (Phi) is 5.08. The maximum absolute atomic E-state index is 12.8. The van der Waals surface area contributed by atoms with Gasteiger partial charge in [-0.25, -0.2) is 9.20 Å². The zero-order chi connectivity index (χ0) is 21.2. The van der Waals surface area contributed by atoms with E-state index in [1.54, 1.807) is 16.8 Å². The molecular weight excluding hydrogens is 390 g/mol. The van der Waals surface area contributed by atoms with Crippen molar-refractivity contribution in [2.24, 2.45) is 5.16 Å². The predicted molar refractivity (Wildman–Crippen MR) is 120 cm³/mol. The number of rotatable bonds is 4. The van der Waals surface area contributed by atoms with Crippen molar-refractivity contribution >= 4 is 11.2 Å². The molecule has 3 aromatic heterocycles. The first kappa shape index (κ1) is 19.2. The van der Waals surface area contributed by atoms with Gasteiger partial charge >= 0.3 is 0 Å². The molecule has 156 valence electrons. The molecular formula is C24H23N5O2. The van der Waals surface area contributed by atoms with Crippen molar-refractivity contribution in [1.82, 2.24) is 19.4 Å². The van der Waals surface area contributed by atoms with Gasteiger partial charge < -0.3 is 4.84 Å². The summed E-state index contributed by atoms with van der Waals surface area (Å²) in [5.41, 5.74) is 5.11. The van der Waals surface area contributed by atoms with Gasteiger partial charge in [0.15, 0.2) is 0 Å². The SMILES string of the molecule is CO/N=C1/CCCCC1n1nc(-c2c(-c3ccccc3)nn3ccccc23)ccc1=O. The first-order valence-corrected chi connectivity index (χ1v) is 10.5. The van der Waals surface area contributed by atoms with E-state index in [9.17, 15) is 4.79 Å². The molecule has 0 radical (unpaired) electrons. The van der Waals surface area contributed by atoms with Gasteiger partial charge in [-0.2, -0.15) is 10.2 Å². The van der Waals surface area contributed by atoms with Crippen molar-refractivity contribution in [2.75, 3.05) is 7.11 Å². The summed E-state index contributed by atoms with van der Waals surface area (Å²) in [6.07, 6.45) is 5.62. The van der Waals surface area contributed by atoms with Gasteiger partial charge in [0.25, 0.3) is 5.56 Å². The third kappa shape index (κ3) is 3.52. The monoisotopic (exact) mass is 413 g/mol. The van der Waals surface area contributed by atoms with Crippen molar-refractivity contribution in [3.05, 3.63) is 77.2 Å². The normalized spacial score (nSPS) is 17.8. The summed E-state index contributed by atoms with van der Waals surface area (Å²) in [7, 11) is 1.54. The molecule has 4 aromatic rings. The van der Waals surface area contributed by atoms with Crippen LogP contribution in [-0.2, 0) is 4.84 Å². The van der Waals surface area contributed by atoms with E-state index in [-0.39, 0.29) is 11.6 Å². The summed E-state index contributed by atoms with van der Waals surface area (Å²) >= 11 is 0. The second-order valence-electron chi connectivity index (χ2n) is 7.65. The molecule has 1 atom stereocenters. The van der Waals surface area contributed by atoms with Crippen LogP contribution < -0.4 is 5.56 Å². The van der Waals surface area contributed by atoms with Crippen LogP contribution in [0.5, 0.6) is 0 Å². The van der Waals surface area contributed by atoms with Gasteiger partial charge in [-0.3, -0.25) is 4.79 Å². The quantitative estimate of drug-likeness (QED) is 0.467. The van der Waals surface area contributed by atoms with Crippen LogP contribution >= 0.6 is 0 Å². The summed E-state index contributed by atoms with van der Waals surface area (Å²) in [4.78, 5) is 17.8. The Morgan fingerprint density at radius 1 is 1.00 bits per heavy atom. The average Bonchev–Trinajstić information content (AvgIpc) is 3.20. The van der Waals surface area contributed by atoms with Crippen LogP contribution in [0.4, 0.5) is 0 Å². The Balaban J connectivity index is 1.71. The molecule has 0 N–H and O–H groups in total. The minimum Gasteiger partial charge on any atom is -0.399 e. The Morgan fingerprint density at radius 3 is 2.68 bits per heavy atom. The molecule has 1 aliphatic carbocycles. The van der Waals surface area contributed by atoms with Crippen LogP contribution in [0.15, 0.2) is 76.8 Å². The fourth-order valence-electron chi connectivity index (χ4n) is 4.30. The molecule has 7 heteroatoms. The Bertz CT molecular complexity index is 1310. The number of aromatic nitrogens is 4. The first-order valence-electron chi connectivity index (χ1n) is 10.5. The van der Waals surface area contributed by atoms with E-state index in [1.807, 2.05) is 59.2 Å². The van der Waals surface area contributed by atoms with Crippen molar-refractivity contribution in [2.45, 2.75) is 31.7 Å². The lowest BCUT2D eigenvalue weighted by Gasteiger charge is -2.24. The lowest BCUT2D eigenvalue weighted by Crippen LogP contribution is -2.33. The third-order valence-corrected chi connectivity index (χ3v) is 5.72. The van der Waals surface area contributed by atoms with Gasteiger partial charge in [-0.05, 0) is 37.5 Å². The van der Waals surface area contributed by atoms with Crippen LogP contribution in [0.25, 0.3) is 28.0 Å². The summed E-state index contributed by atoms with van der Waals surface area (Å²) in [5, 5.41) is 13.8. The van der Waals surface area contributed by atoms with Gasteiger partial charge in [0.05, 0.1) is 28.5 Å². The molecule has 1 saturated carbocycles. The molecule has 5 rings (SSSR count). The molecule has 0 saturated heterocycles. The molecule has 1 aromatic carbocycles. The Hall–Kier alpha value is -3.74. The molecule has 7 nitrogen and oxygen atoms in total. The van der Waals surface area contributed by atoms with Gasteiger partial charge in [-0.1, -0.05) is 48.0 Å². The molecule has 0 spiro atoms. The minimum atomic E-state index is -0.192. The fourth-order valence-corrected chi connectivity index (χ4v) is 4.30. The summed E-state index contributed by atoms with van der Waals surface area (Å²) in [5.74, 6) is 0. The molecule has 31 heavy (non-hydrogen) atoms. The largest absolute Gasteiger partial charge is 0.399 e. The molecule has 0 aliphatic heterocycles. The number of fused-ring (bicyclic) bond motifs is 1. The Labute approximate surface area is 179 Å². The highest BCUT2D eigenvalue weighted by atomic mass is 16.6. The van der Waals surface area contributed by atoms with E-state index >= 15 is 0 Å². The Morgan fingerprint density at radius 2 is 1.84 bits per heavy atom. The lowest BCUT2D eigenvalue weighted by atomic mass is 9.93. The number of hydrogen-bond acceptors (Lipinski definition) is 5. The number of hydrogen-bond donors (Lipinski definition) is 0. The second kappa shape index (κ2) is 8.18. The third-order valence-electron chi connectivity index (χ3n) is 5.72. The highest BCUT2D eigenvalue weighted by Crippen LogP contribution is 2.34. The maximum atomic E-state index is 12.8. The van der Waals surface area contributed by atoms with Gasteiger partial charge in [0.2, 0.25) is 0 Å². The molecule has 1 aliphatic rings. The van der Waals surface area contributed by atoms with E-state index in [4.69, 9.17) is 15.0 Å². The number of pyridine rings is 1. The first-order chi connectivity index (χ1) is 15.3. The smallest absolute Gasteiger partial charge is 0.267 e. The zero-order valence-corrected chi connectivity index (χ0v) is 17.3. The summed E-state index contributed by atoms with van der Waals surface area (Å²) < 4.78 is 3.42. The van der Waals surface area contributed by atoms with Gasteiger partial charge in [0.1, 0.15) is 12.8 Å². The van der Waals surface area contributed by atoms with Crippen molar-refractivity contribution in [1.29, 1.82) is 0 Å². The van der Waals surface area contributed by atoms with E-state index in [1.165, 1.54) is 7.11 Å². The zero-order valence-electron chi connectivity index (χ0n) is 17.3. The highest BCUT2D eigenvalue weighted by Gasteiger charge is 2.26. The van der Waals surface area contributed by atoms with Gasteiger partial charge in [0, 0.05) is 17.8 Å². The second-order valence-corrected chi connectivity index (χ2v) is 7.65. The van der Waals surface area contributed by atoms with Crippen LogP contribution in [0, 0.1) is 0 Å². The van der Waals surface area contributed by atoms with E-state index < -0.39 is 0 Å². The average molecular weight is 413 g/mol. The number of benzene rings is 1. The summed E-state index contributed by atoms with van der Waals surface area (Å²) in [6, 6.07) is 19.2. The lowest BCUT2D eigenvalue weighted by molar-refractivity contribution is 0.207. The predicted octanol–water partition coefficient (Wildman–Crippen LogP) is 4.34. The van der Waals surface area contributed by atoms with E-state index in [0.717, 1.165) is 53.7 Å². The number of nitrogens with zero attached hydrogens (tertiary/aromatic N) is 5. The maximum Gasteiger partial charge on any atom is 0.267 e. The van der Waals surface area contributed by atoms with Crippen molar-refractivity contribution < 1.29 is 4.84 Å². The van der Waals surface area contributed by atoms with Crippen LogP contribution in [0.1, 0.15) is 31.7 Å². The summed E-state index contributed by atoms with van der Waals surface area (Å²) in [6.45, 7) is 0. The van der Waals surface area contributed by atoms with Crippen molar-refractivity contribution in [3.63, 3.8) is 0 Å². The molecule has 0 amide bonds. The van der Waals surface area contributed by atoms with E-state index in [2.05, 4.69) is 5.16 Å². The van der Waals surface area contributed by atoms with Crippen LogP contribution in [0.2, 0.25) is 0 Å². The molecule has 0 bridgehead atoms. The topological polar surface area (TPSA) is 73.8 Å². The van der Waals surface area contributed by atoms with E-state index in [0.29, 0.717) is 5.69 Å². The van der Waals surface area contributed by atoms with Crippen molar-refractivity contribution in [3.8, 4) is 22.5 Å². The molecule has 3 heterocycles. The fraction of sp³-hybridized carbons (Fsp3) is 0.250. The van der Waals surface area contributed by atoms with Crippen LogP contribution in [0.3, 0.4) is 0 Å². The molecule has 1 fully saturated rings. The number of oxime groups is 1. The highest BCUT2D eigenvalue weighted by molar-refractivity contribution is 5.91. The molecule has 1 unspecified atom stereocenters.